The highest BCUT2D eigenvalue weighted by Gasteiger charge is 2.33. The van der Waals surface area contributed by atoms with Crippen LogP contribution in [0.15, 0.2) is 67.1 Å². The van der Waals surface area contributed by atoms with E-state index in [-0.39, 0.29) is 11.9 Å². The van der Waals surface area contributed by atoms with Crippen LogP contribution in [0.4, 0.5) is 0 Å². The summed E-state index contributed by atoms with van der Waals surface area (Å²) in [5, 5.41) is 0. The minimum Gasteiger partial charge on any atom is -0.457 e. The number of rotatable bonds is 4. The van der Waals surface area contributed by atoms with Crippen LogP contribution in [0, 0.1) is 18.8 Å². The van der Waals surface area contributed by atoms with Gasteiger partial charge in [0.15, 0.2) is 0 Å². The Balaban J connectivity index is 1.49. The third kappa shape index (κ3) is 4.06. The molecule has 1 saturated heterocycles. The summed E-state index contributed by atoms with van der Waals surface area (Å²) in [4.78, 5) is 23.7. The smallest absolute Gasteiger partial charge is 0.299 e. The zero-order chi connectivity index (χ0) is 22.8. The van der Waals surface area contributed by atoms with Crippen LogP contribution in [0.5, 0.6) is 11.5 Å². The molecular weight excluding hydrogens is 412 g/mol. The number of likely N-dealkylation sites (tertiary alicyclic amines) is 1. The Labute approximate surface area is 192 Å². The van der Waals surface area contributed by atoms with Crippen LogP contribution in [0.25, 0.3) is 16.8 Å². The molecule has 33 heavy (non-hydrogen) atoms. The lowest BCUT2D eigenvalue weighted by atomic mass is 10.1. The molecule has 1 amide bonds. The molecule has 0 aliphatic carbocycles. The van der Waals surface area contributed by atoms with Crippen LogP contribution in [-0.4, -0.2) is 31.7 Å². The average molecular weight is 437 g/mol. The highest BCUT2D eigenvalue weighted by atomic mass is 16.5. The maximum absolute atomic E-state index is 12.5. The second-order valence-electron chi connectivity index (χ2n) is 8.12. The molecule has 1 fully saturated rings. The summed E-state index contributed by atoms with van der Waals surface area (Å²) in [6, 6.07) is 15.8. The largest absolute Gasteiger partial charge is 0.457 e. The monoisotopic (exact) mass is 436 g/mol. The number of nitrogens with zero attached hydrogens (tertiary/aromatic N) is 4. The van der Waals surface area contributed by atoms with E-state index >= 15 is 0 Å². The first-order valence-electron chi connectivity index (χ1n) is 11.0. The number of aryl methyl sites for hydroxylation is 1. The van der Waals surface area contributed by atoms with Gasteiger partial charge >= 0.3 is 0 Å². The van der Waals surface area contributed by atoms with Crippen molar-refractivity contribution in [2.24, 2.45) is 0 Å². The van der Waals surface area contributed by atoms with E-state index < -0.39 is 0 Å². The number of imidazole rings is 1. The first-order valence-corrected chi connectivity index (χ1v) is 11.0. The molecule has 1 atom stereocenters. The number of hydrogen-bond acceptors (Lipinski definition) is 4. The van der Waals surface area contributed by atoms with Gasteiger partial charge in [0, 0.05) is 24.5 Å². The van der Waals surface area contributed by atoms with Crippen LogP contribution in [0.1, 0.15) is 37.2 Å². The molecule has 1 aliphatic heterocycles. The van der Waals surface area contributed by atoms with E-state index in [0.29, 0.717) is 6.54 Å². The SMILES string of the molecule is CC#CC(=O)N1CCCC1c1nc(-c2ccc(Oc3cccc(C)c3)cc2)c2cnccn12. The van der Waals surface area contributed by atoms with Gasteiger partial charge in [-0.1, -0.05) is 18.1 Å². The minimum absolute atomic E-state index is 0.106. The van der Waals surface area contributed by atoms with E-state index in [2.05, 4.69) is 16.8 Å². The second-order valence-corrected chi connectivity index (χ2v) is 8.12. The molecule has 2 aromatic heterocycles. The zero-order valence-electron chi connectivity index (χ0n) is 18.7. The normalized spacial score (nSPS) is 15.3. The van der Waals surface area contributed by atoms with Crippen molar-refractivity contribution < 1.29 is 9.53 Å². The molecule has 3 heterocycles. The minimum atomic E-state index is -0.148. The number of carbonyl (C=O) groups is 1. The molecule has 164 valence electrons. The molecule has 0 bridgehead atoms. The lowest BCUT2D eigenvalue weighted by Crippen LogP contribution is -2.30. The molecule has 0 N–H and O–H groups in total. The van der Waals surface area contributed by atoms with E-state index in [1.165, 1.54) is 0 Å². The van der Waals surface area contributed by atoms with Gasteiger partial charge in [0.1, 0.15) is 17.3 Å². The van der Waals surface area contributed by atoms with Crippen molar-refractivity contribution in [1.29, 1.82) is 0 Å². The van der Waals surface area contributed by atoms with Crippen molar-refractivity contribution in [3.8, 4) is 34.6 Å². The highest BCUT2D eigenvalue weighted by molar-refractivity contribution is 5.94. The highest BCUT2D eigenvalue weighted by Crippen LogP contribution is 2.35. The molecule has 1 aliphatic rings. The van der Waals surface area contributed by atoms with Gasteiger partial charge in [-0.25, -0.2) is 4.98 Å². The van der Waals surface area contributed by atoms with Gasteiger partial charge in [0.05, 0.1) is 23.4 Å². The summed E-state index contributed by atoms with van der Waals surface area (Å²) in [6.07, 6.45) is 7.26. The Morgan fingerprint density at radius 3 is 2.79 bits per heavy atom. The van der Waals surface area contributed by atoms with Crippen LogP contribution < -0.4 is 4.74 Å². The molecule has 2 aromatic carbocycles. The maximum atomic E-state index is 12.5. The van der Waals surface area contributed by atoms with Gasteiger partial charge in [-0.05, 0) is 74.6 Å². The number of amides is 1. The fourth-order valence-corrected chi connectivity index (χ4v) is 4.36. The van der Waals surface area contributed by atoms with Gasteiger partial charge in [-0.2, -0.15) is 0 Å². The third-order valence-corrected chi connectivity index (χ3v) is 5.87. The standard InChI is InChI=1S/C27H24N4O2/c1-3-6-25(32)30-15-5-9-23(30)27-29-26(24-18-28-14-16-31(24)27)20-10-12-21(13-11-20)33-22-8-4-7-19(2)17-22/h4,7-8,10-14,16-18,23H,5,9,15H2,1-2H3. The van der Waals surface area contributed by atoms with Gasteiger partial charge in [-0.3, -0.25) is 14.2 Å². The van der Waals surface area contributed by atoms with Crippen molar-refractivity contribution in [1.82, 2.24) is 19.3 Å². The summed E-state index contributed by atoms with van der Waals surface area (Å²) >= 11 is 0. The van der Waals surface area contributed by atoms with Crippen LogP contribution in [-0.2, 0) is 4.79 Å². The van der Waals surface area contributed by atoms with E-state index in [1.807, 2.05) is 77.1 Å². The van der Waals surface area contributed by atoms with E-state index in [9.17, 15) is 4.79 Å². The van der Waals surface area contributed by atoms with Crippen molar-refractivity contribution in [2.75, 3.05) is 6.54 Å². The van der Waals surface area contributed by atoms with E-state index in [4.69, 9.17) is 9.72 Å². The molecule has 0 saturated carbocycles. The summed E-state index contributed by atoms with van der Waals surface area (Å²) in [5.74, 6) is 7.66. The predicted octanol–water partition coefficient (Wildman–Crippen LogP) is 5.18. The Morgan fingerprint density at radius 1 is 1.15 bits per heavy atom. The van der Waals surface area contributed by atoms with Gasteiger partial charge in [-0.15, -0.1) is 0 Å². The Bertz CT molecular complexity index is 1380. The maximum Gasteiger partial charge on any atom is 0.299 e. The number of carbonyl (C=O) groups excluding carboxylic acids is 1. The van der Waals surface area contributed by atoms with Crippen LogP contribution >= 0.6 is 0 Å². The molecule has 0 radical (unpaired) electrons. The lowest BCUT2D eigenvalue weighted by Gasteiger charge is -2.21. The van der Waals surface area contributed by atoms with E-state index in [1.54, 1.807) is 13.1 Å². The van der Waals surface area contributed by atoms with Crippen molar-refractivity contribution >= 4 is 11.4 Å². The Hall–Kier alpha value is -4.11. The first-order chi connectivity index (χ1) is 16.1. The number of ether oxygens (including phenoxy) is 1. The quantitative estimate of drug-likeness (QED) is 0.414. The second kappa shape index (κ2) is 8.79. The molecular formula is C27H24N4O2. The number of aromatic nitrogens is 3. The summed E-state index contributed by atoms with van der Waals surface area (Å²) < 4.78 is 8.03. The zero-order valence-corrected chi connectivity index (χ0v) is 18.7. The number of benzene rings is 2. The fourth-order valence-electron chi connectivity index (χ4n) is 4.36. The first kappa shape index (κ1) is 20.8. The summed E-state index contributed by atoms with van der Waals surface area (Å²) in [5.41, 5.74) is 3.85. The Kier molecular flexibility index (Phi) is 5.54. The summed E-state index contributed by atoms with van der Waals surface area (Å²) in [7, 11) is 0. The third-order valence-electron chi connectivity index (χ3n) is 5.87. The van der Waals surface area contributed by atoms with Gasteiger partial charge in [0.25, 0.3) is 5.91 Å². The predicted molar refractivity (Wildman–Crippen MR) is 127 cm³/mol. The van der Waals surface area contributed by atoms with Crippen molar-refractivity contribution in [3.63, 3.8) is 0 Å². The van der Waals surface area contributed by atoms with E-state index in [0.717, 1.165) is 52.5 Å². The Morgan fingerprint density at radius 2 is 2.00 bits per heavy atom. The lowest BCUT2D eigenvalue weighted by molar-refractivity contribution is -0.126. The van der Waals surface area contributed by atoms with Gasteiger partial charge in [0.2, 0.25) is 0 Å². The van der Waals surface area contributed by atoms with Crippen LogP contribution in [0.2, 0.25) is 0 Å². The number of fused-ring (bicyclic) bond motifs is 1. The number of hydrogen-bond donors (Lipinski definition) is 0. The molecule has 1 unspecified atom stereocenters. The molecule has 6 nitrogen and oxygen atoms in total. The van der Waals surface area contributed by atoms with Crippen molar-refractivity contribution in [3.05, 3.63) is 78.5 Å². The summed E-state index contributed by atoms with van der Waals surface area (Å²) in [6.45, 7) is 4.42. The molecule has 4 aromatic rings. The van der Waals surface area contributed by atoms with Crippen LogP contribution in [0.3, 0.4) is 0 Å². The molecule has 6 heteroatoms. The molecule has 0 spiro atoms. The fraction of sp³-hybridized carbons (Fsp3) is 0.222. The molecule has 5 rings (SSSR count). The average Bonchev–Trinajstić information content (AvgIpc) is 3.45. The van der Waals surface area contributed by atoms with Crippen molar-refractivity contribution in [2.45, 2.75) is 32.7 Å². The topological polar surface area (TPSA) is 59.7 Å². The van der Waals surface area contributed by atoms with Gasteiger partial charge < -0.3 is 9.64 Å².